The largest absolute Gasteiger partial charge is 0.467 e. The molecule has 1 rings (SSSR count). The molecule has 1 unspecified atom stereocenters. The lowest BCUT2D eigenvalue weighted by molar-refractivity contribution is -0.143. The molecular formula is C16H22ClNO4. The second kappa shape index (κ2) is 8.63. The van der Waals surface area contributed by atoms with Crippen LogP contribution in [0, 0.1) is 0 Å². The fourth-order valence-corrected chi connectivity index (χ4v) is 2.30. The molecule has 6 heteroatoms. The number of aryl methyl sites for hydroxylation is 1. The van der Waals surface area contributed by atoms with Crippen LogP contribution in [0.5, 0.6) is 0 Å². The van der Waals surface area contributed by atoms with Gasteiger partial charge in [0, 0.05) is 11.4 Å². The van der Waals surface area contributed by atoms with Gasteiger partial charge >= 0.3 is 12.1 Å². The number of rotatable bonds is 6. The Bertz CT molecular complexity index is 531. The first-order valence-corrected chi connectivity index (χ1v) is 7.57. The average Bonchev–Trinajstić information content (AvgIpc) is 2.45. The van der Waals surface area contributed by atoms with Crippen molar-refractivity contribution in [3.05, 3.63) is 34.3 Å². The van der Waals surface area contributed by atoms with Gasteiger partial charge in [-0.25, -0.2) is 9.59 Å². The minimum Gasteiger partial charge on any atom is -0.467 e. The van der Waals surface area contributed by atoms with E-state index >= 15 is 0 Å². The van der Waals surface area contributed by atoms with Crippen molar-refractivity contribution in [2.45, 2.75) is 45.8 Å². The van der Waals surface area contributed by atoms with Crippen LogP contribution in [-0.2, 0) is 27.1 Å². The topological polar surface area (TPSA) is 64.6 Å². The highest BCUT2D eigenvalue weighted by atomic mass is 35.5. The van der Waals surface area contributed by atoms with Crippen LogP contribution in [0.3, 0.4) is 0 Å². The minimum absolute atomic E-state index is 0.267. The van der Waals surface area contributed by atoms with Gasteiger partial charge in [0.2, 0.25) is 0 Å². The number of carbonyl (C=O) groups excluding carboxylic acids is 2. The summed E-state index contributed by atoms with van der Waals surface area (Å²) in [5.41, 5.74) is 1.87. The molecule has 1 amide bonds. The number of benzene rings is 1. The van der Waals surface area contributed by atoms with Crippen molar-refractivity contribution in [3.63, 3.8) is 0 Å². The lowest BCUT2D eigenvalue weighted by Crippen LogP contribution is -2.43. The van der Waals surface area contributed by atoms with E-state index in [2.05, 4.69) is 5.32 Å². The van der Waals surface area contributed by atoms with Crippen LogP contribution in [0.15, 0.2) is 18.2 Å². The Morgan fingerprint density at radius 2 is 2.00 bits per heavy atom. The van der Waals surface area contributed by atoms with E-state index in [1.165, 1.54) is 7.11 Å². The summed E-state index contributed by atoms with van der Waals surface area (Å²) < 4.78 is 9.71. The maximum Gasteiger partial charge on any atom is 0.408 e. The fraction of sp³-hybridized carbons (Fsp3) is 0.500. The van der Waals surface area contributed by atoms with Gasteiger partial charge in [0.25, 0.3) is 0 Å². The fourth-order valence-electron chi connectivity index (χ4n) is 1.97. The van der Waals surface area contributed by atoms with Gasteiger partial charge in [-0.15, -0.1) is 0 Å². The number of hydrogen-bond donors (Lipinski definition) is 1. The van der Waals surface area contributed by atoms with E-state index in [9.17, 15) is 9.59 Å². The summed E-state index contributed by atoms with van der Waals surface area (Å²) in [7, 11) is 1.28. The zero-order valence-corrected chi connectivity index (χ0v) is 14.1. The third-order valence-corrected chi connectivity index (χ3v) is 3.41. The number of amides is 1. The van der Waals surface area contributed by atoms with Crippen LogP contribution in [0.2, 0.25) is 5.02 Å². The van der Waals surface area contributed by atoms with E-state index in [1.807, 2.05) is 19.1 Å². The molecule has 0 aliphatic heterocycles. The molecule has 0 aromatic heterocycles. The molecule has 0 spiro atoms. The van der Waals surface area contributed by atoms with E-state index in [0.29, 0.717) is 5.02 Å². The SMILES string of the molecule is CCc1ccc(CC(NC(=O)OC(C)C)C(=O)OC)cc1Cl. The molecule has 122 valence electrons. The average molecular weight is 328 g/mol. The summed E-state index contributed by atoms with van der Waals surface area (Å²) in [6.07, 6.45) is 0.195. The van der Waals surface area contributed by atoms with Gasteiger partial charge in [-0.1, -0.05) is 30.7 Å². The smallest absolute Gasteiger partial charge is 0.408 e. The van der Waals surface area contributed by atoms with Crippen LogP contribution in [0.1, 0.15) is 31.9 Å². The molecule has 1 aromatic carbocycles. The van der Waals surface area contributed by atoms with Gasteiger partial charge in [0.15, 0.2) is 0 Å². The highest BCUT2D eigenvalue weighted by Crippen LogP contribution is 2.19. The molecule has 0 aliphatic rings. The van der Waals surface area contributed by atoms with Gasteiger partial charge < -0.3 is 14.8 Å². The number of nitrogens with one attached hydrogen (secondary N) is 1. The number of ether oxygens (including phenoxy) is 2. The molecule has 0 heterocycles. The molecule has 0 saturated heterocycles. The van der Waals surface area contributed by atoms with Gasteiger partial charge in [-0.05, 0) is 37.5 Å². The standard InChI is InChI=1S/C16H22ClNO4/c1-5-12-7-6-11(8-13(12)17)9-14(15(19)21-4)18-16(20)22-10(2)3/h6-8,10,14H,5,9H2,1-4H3,(H,18,20). The zero-order chi connectivity index (χ0) is 16.7. The van der Waals surface area contributed by atoms with Crippen molar-refractivity contribution in [1.29, 1.82) is 0 Å². The van der Waals surface area contributed by atoms with Crippen molar-refractivity contribution in [2.75, 3.05) is 7.11 Å². The summed E-state index contributed by atoms with van der Waals surface area (Å²) >= 11 is 6.17. The number of halogens is 1. The normalized spacial score (nSPS) is 11.9. The van der Waals surface area contributed by atoms with Gasteiger partial charge in [0.1, 0.15) is 6.04 Å². The van der Waals surface area contributed by atoms with Crippen molar-refractivity contribution in [3.8, 4) is 0 Å². The third-order valence-electron chi connectivity index (χ3n) is 3.06. The van der Waals surface area contributed by atoms with Crippen molar-refractivity contribution in [2.24, 2.45) is 0 Å². The third kappa shape index (κ3) is 5.56. The van der Waals surface area contributed by atoms with E-state index < -0.39 is 18.1 Å². The number of hydrogen-bond acceptors (Lipinski definition) is 4. The zero-order valence-electron chi connectivity index (χ0n) is 13.3. The first-order chi connectivity index (χ1) is 10.4. The predicted molar refractivity (Wildman–Crippen MR) is 85.1 cm³/mol. The molecule has 0 aliphatic carbocycles. The van der Waals surface area contributed by atoms with Gasteiger partial charge in [0.05, 0.1) is 13.2 Å². The van der Waals surface area contributed by atoms with Crippen molar-refractivity contribution < 1.29 is 19.1 Å². The Balaban J connectivity index is 2.83. The predicted octanol–water partition coefficient (Wildman–Crippen LogP) is 3.12. The molecular weight excluding hydrogens is 306 g/mol. The lowest BCUT2D eigenvalue weighted by Gasteiger charge is -2.18. The molecule has 22 heavy (non-hydrogen) atoms. The number of methoxy groups -OCH3 is 1. The summed E-state index contributed by atoms with van der Waals surface area (Å²) in [4.78, 5) is 23.5. The highest BCUT2D eigenvalue weighted by Gasteiger charge is 2.23. The Morgan fingerprint density at radius 3 is 2.50 bits per heavy atom. The first-order valence-electron chi connectivity index (χ1n) is 7.19. The van der Waals surface area contributed by atoms with Crippen LogP contribution in [0.4, 0.5) is 4.79 Å². The molecule has 0 fully saturated rings. The van der Waals surface area contributed by atoms with Gasteiger partial charge in [-0.3, -0.25) is 0 Å². The van der Waals surface area contributed by atoms with E-state index in [1.54, 1.807) is 19.9 Å². The van der Waals surface area contributed by atoms with Crippen LogP contribution in [0.25, 0.3) is 0 Å². The van der Waals surface area contributed by atoms with E-state index in [-0.39, 0.29) is 12.5 Å². The summed E-state index contributed by atoms with van der Waals surface area (Å²) in [5.74, 6) is -0.531. The molecule has 0 saturated carbocycles. The molecule has 1 atom stereocenters. The Kier molecular flexibility index (Phi) is 7.18. The maximum atomic E-state index is 11.8. The first kappa shape index (κ1) is 18.3. The number of alkyl carbamates (subject to hydrolysis) is 1. The molecule has 5 nitrogen and oxygen atoms in total. The molecule has 0 radical (unpaired) electrons. The van der Waals surface area contributed by atoms with E-state index in [4.69, 9.17) is 21.1 Å². The minimum atomic E-state index is -0.820. The summed E-state index contributed by atoms with van der Waals surface area (Å²) in [6, 6.07) is 4.78. The summed E-state index contributed by atoms with van der Waals surface area (Å²) in [5, 5.41) is 3.16. The maximum absolute atomic E-state index is 11.8. The second-order valence-corrected chi connectivity index (χ2v) is 5.56. The van der Waals surface area contributed by atoms with Crippen LogP contribution < -0.4 is 5.32 Å². The molecule has 1 N–H and O–H groups in total. The lowest BCUT2D eigenvalue weighted by atomic mass is 10.0. The van der Waals surface area contributed by atoms with Crippen LogP contribution in [-0.4, -0.2) is 31.3 Å². The van der Waals surface area contributed by atoms with Crippen molar-refractivity contribution in [1.82, 2.24) is 5.32 Å². The van der Waals surface area contributed by atoms with Crippen molar-refractivity contribution >= 4 is 23.7 Å². The second-order valence-electron chi connectivity index (χ2n) is 5.16. The quantitative estimate of drug-likeness (QED) is 0.815. The van der Waals surface area contributed by atoms with Crippen LogP contribution >= 0.6 is 11.6 Å². The monoisotopic (exact) mass is 327 g/mol. The molecule has 0 bridgehead atoms. The Labute approximate surface area is 135 Å². The van der Waals surface area contributed by atoms with Gasteiger partial charge in [-0.2, -0.15) is 0 Å². The Hall–Kier alpha value is -1.75. The number of carbonyl (C=O) groups is 2. The van der Waals surface area contributed by atoms with E-state index in [0.717, 1.165) is 17.5 Å². The Morgan fingerprint density at radius 1 is 1.32 bits per heavy atom. The molecule has 1 aromatic rings. The highest BCUT2D eigenvalue weighted by molar-refractivity contribution is 6.31. The number of esters is 1. The summed E-state index contributed by atoms with van der Waals surface area (Å²) in [6.45, 7) is 5.48.